The van der Waals surface area contributed by atoms with Crippen LogP contribution < -0.4 is 10.6 Å². The van der Waals surface area contributed by atoms with Crippen molar-refractivity contribution in [1.29, 1.82) is 5.26 Å². The third-order valence-corrected chi connectivity index (χ3v) is 4.52. The summed E-state index contributed by atoms with van der Waals surface area (Å²) in [4.78, 5) is 4.70. The highest BCUT2D eigenvalue weighted by atomic mass is 32.1. The second-order valence-corrected chi connectivity index (χ2v) is 6.68. The summed E-state index contributed by atoms with van der Waals surface area (Å²) >= 11 is 5.47. The van der Waals surface area contributed by atoms with Gasteiger partial charge in [-0.3, -0.25) is 0 Å². The molecule has 0 aliphatic heterocycles. The molecule has 136 valence electrons. The molecule has 0 radical (unpaired) electrons. The Morgan fingerprint density at radius 1 is 0.964 bits per heavy atom. The average Bonchev–Trinajstić information content (AvgIpc) is 3.06. The average molecular weight is 383 g/mol. The Morgan fingerprint density at radius 3 is 2.57 bits per heavy atom. The Hall–Kier alpha value is -3.69. The van der Waals surface area contributed by atoms with Crippen LogP contribution in [0.25, 0.3) is 11.0 Å². The van der Waals surface area contributed by atoms with Gasteiger partial charge in [-0.15, -0.1) is 0 Å². The smallest absolute Gasteiger partial charge is 0.210 e. The summed E-state index contributed by atoms with van der Waals surface area (Å²) < 4.78 is 2.10. The zero-order valence-corrected chi connectivity index (χ0v) is 15.8. The first-order valence-electron chi connectivity index (χ1n) is 8.80. The minimum absolute atomic E-state index is 0.416. The Kier molecular flexibility index (Phi) is 5.00. The molecular weight excluding hydrogens is 366 g/mol. The number of imidazole rings is 1. The topological polar surface area (TPSA) is 65.7 Å². The fraction of sp³-hybridized carbons (Fsp3) is 0.0455. The number of para-hydroxylation sites is 2. The molecule has 0 aliphatic carbocycles. The van der Waals surface area contributed by atoms with Crippen molar-refractivity contribution < 1.29 is 0 Å². The summed E-state index contributed by atoms with van der Waals surface area (Å²) in [7, 11) is 0. The van der Waals surface area contributed by atoms with E-state index in [4.69, 9.17) is 22.5 Å². The van der Waals surface area contributed by atoms with Crippen molar-refractivity contribution in [3.8, 4) is 6.07 Å². The highest BCUT2D eigenvalue weighted by molar-refractivity contribution is 7.80. The molecule has 5 nitrogen and oxygen atoms in total. The van der Waals surface area contributed by atoms with Crippen molar-refractivity contribution >= 4 is 40.0 Å². The zero-order valence-electron chi connectivity index (χ0n) is 15.0. The molecular formula is C22H17N5S. The summed E-state index contributed by atoms with van der Waals surface area (Å²) in [6.07, 6.45) is 0. The molecule has 28 heavy (non-hydrogen) atoms. The van der Waals surface area contributed by atoms with Gasteiger partial charge in [0.2, 0.25) is 5.95 Å². The molecule has 4 aromatic rings. The molecule has 0 unspecified atom stereocenters. The second kappa shape index (κ2) is 7.91. The first kappa shape index (κ1) is 17.7. The lowest BCUT2D eigenvalue weighted by atomic mass is 10.2. The molecule has 2 N–H and O–H groups in total. The lowest BCUT2D eigenvalue weighted by Crippen LogP contribution is -2.21. The third kappa shape index (κ3) is 3.85. The van der Waals surface area contributed by atoms with Gasteiger partial charge in [-0.2, -0.15) is 5.26 Å². The molecule has 0 bridgehead atoms. The number of rotatable bonds is 4. The monoisotopic (exact) mass is 383 g/mol. The number of anilines is 2. The van der Waals surface area contributed by atoms with E-state index in [-0.39, 0.29) is 0 Å². The van der Waals surface area contributed by atoms with Gasteiger partial charge in [-0.1, -0.05) is 48.5 Å². The highest BCUT2D eigenvalue weighted by Crippen LogP contribution is 2.21. The van der Waals surface area contributed by atoms with Gasteiger partial charge < -0.3 is 15.2 Å². The van der Waals surface area contributed by atoms with Gasteiger partial charge in [-0.05, 0) is 48.1 Å². The number of nitrogens with one attached hydrogen (secondary N) is 2. The Labute approximate surface area is 168 Å². The molecule has 0 saturated heterocycles. The van der Waals surface area contributed by atoms with E-state index in [0.29, 0.717) is 23.2 Å². The van der Waals surface area contributed by atoms with Crippen molar-refractivity contribution in [2.24, 2.45) is 0 Å². The molecule has 1 heterocycles. The van der Waals surface area contributed by atoms with Crippen molar-refractivity contribution in [2.45, 2.75) is 6.54 Å². The maximum absolute atomic E-state index is 9.05. The standard InChI is InChI=1S/C22H17N5S/c23-14-17-9-6-10-18(13-17)24-22(28)26-21-25-19-11-4-5-12-20(19)27(21)15-16-7-2-1-3-8-16/h1-13H,15H2,(H2,24,25,26,28). The summed E-state index contributed by atoms with van der Waals surface area (Å²) in [5.41, 5.74) is 4.43. The van der Waals surface area contributed by atoms with Crippen LogP contribution in [-0.2, 0) is 6.54 Å². The number of hydrogen-bond donors (Lipinski definition) is 2. The molecule has 0 fully saturated rings. The minimum Gasteiger partial charge on any atom is -0.332 e. The van der Waals surface area contributed by atoms with E-state index < -0.39 is 0 Å². The van der Waals surface area contributed by atoms with Crippen LogP contribution in [0, 0.1) is 11.3 Å². The van der Waals surface area contributed by atoms with Gasteiger partial charge in [-0.25, -0.2) is 4.98 Å². The Balaban J connectivity index is 1.61. The maximum Gasteiger partial charge on any atom is 0.210 e. The lowest BCUT2D eigenvalue weighted by molar-refractivity contribution is 0.837. The molecule has 4 rings (SSSR count). The number of nitrogens with zero attached hydrogens (tertiary/aromatic N) is 3. The molecule has 0 saturated carbocycles. The predicted molar refractivity (Wildman–Crippen MR) is 116 cm³/mol. The third-order valence-electron chi connectivity index (χ3n) is 4.31. The van der Waals surface area contributed by atoms with Gasteiger partial charge in [0.1, 0.15) is 0 Å². The quantitative estimate of drug-likeness (QED) is 0.497. The van der Waals surface area contributed by atoms with Crippen molar-refractivity contribution in [1.82, 2.24) is 9.55 Å². The van der Waals surface area contributed by atoms with Crippen LogP contribution in [0.5, 0.6) is 0 Å². The van der Waals surface area contributed by atoms with E-state index in [1.807, 2.05) is 54.6 Å². The molecule has 0 spiro atoms. The van der Waals surface area contributed by atoms with Crippen molar-refractivity contribution in [3.63, 3.8) is 0 Å². The van der Waals surface area contributed by atoms with E-state index in [1.54, 1.807) is 12.1 Å². The summed E-state index contributed by atoms with van der Waals surface area (Å²) in [6, 6.07) is 27.5. The molecule has 0 atom stereocenters. The first-order chi connectivity index (χ1) is 13.7. The number of nitriles is 1. The largest absolute Gasteiger partial charge is 0.332 e. The van der Waals surface area contributed by atoms with E-state index in [0.717, 1.165) is 16.7 Å². The van der Waals surface area contributed by atoms with Crippen molar-refractivity contribution in [3.05, 3.63) is 90.0 Å². The zero-order chi connectivity index (χ0) is 19.3. The number of thiocarbonyl (C=S) groups is 1. The van der Waals surface area contributed by atoms with Crippen LogP contribution >= 0.6 is 12.2 Å². The molecule has 0 aliphatic rings. The number of hydrogen-bond acceptors (Lipinski definition) is 3. The van der Waals surface area contributed by atoms with Crippen LogP contribution in [0.15, 0.2) is 78.9 Å². The molecule has 6 heteroatoms. The number of aromatic nitrogens is 2. The molecule has 3 aromatic carbocycles. The van der Waals surface area contributed by atoms with E-state index in [2.05, 4.69) is 33.4 Å². The van der Waals surface area contributed by atoms with Gasteiger partial charge in [0.25, 0.3) is 0 Å². The summed E-state index contributed by atoms with van der Waals surface area (Å²) in [6.45, 7) is 0.677. The van der Waals surface area contributed by atoms with Crippen molar-refractivity contribution in [2.75, 3.05) is 10.6 Å². The van der Waals surface area contributed by atoms with E-state index in [9.17, 15) is 0 Å². The lowest BCUT2D eigenvalue weighted by Gasteiger charge is -2.13. The number of fused-ring (bicyclic) bond motifs is 1. The fourth-order valence-electron chi connectivity index (χ4n) is 3.03. The fourth-order valence-corrected chi connectivity index (χ4v) is 3.24. The van der Waals surface area contributed by atoms with Crippen LogP contribution in [-0.4, -0.2) is 14.7 Å². The van der Waals surface area contributed by atoms with Gasteiger partial charge in [0.15, 0.2) is 5.11 Å². The maximum atomic E-state index is 9.05. The van der Waals surface area contributed by atoms with Crippen LogP contribution in [0.1, 0.15) is 11.1 Å². The number of benzene rings is 3. The van der Waals surface area contributed by atoms with Crippen LogP contribution in [0.4, 0.5) is 11.6 Å². The van der Waals surface area contributed by atoms with E-state index in [1.165, 1.54) is 5.56 Å². The minimum atomic E-state index is 0.416. The summed E-state index contributed by atoms with van der Waals surface area (Å²) in [5, 5.41) is 15.8. The molecule has 0 amide bonds. The second-order valence-electron chi connectivity index (χ2n) is 6.27. The SMILES string of the molecule is N#Cc1cccc(NC(=S)Nc2nc3ccccc3n2Cc2ccccc2)c1. The Morgan fingerprint density at radius 2 is 1.75 bits per heavy atom. The van der Waals surface area contributed by atoms with E-state index >= 15 is 0 Å². The van der Waals surface area contributed by atoms with Gasteiger partial charge in [0.05, 0.1) is 29.2 Å². The highest BCUT2D eigenvalue weighted by Gasteiger charge is 2.12. The van der Waals surface area contributed by atoms with Gasteiger partial charge >= 0.3 is 0 Å². The first-order valence-corrected chi connectivity index (χ1v) is 9.21. The molecule has 1 aromatic heterocycles. The normalized spacial score (nSPS) is 10.4. The van der Waals surface area contributed by atoms with Crippen LogP contribution in [0.2, 0.25) is 0 Å². The summed E-state index contributed by atoms with van der Waals surface area (Å²) in [5.74, 6) is 0.666. The predicted octanol–water partition coefficient (Wildman–Crippen LogP) is 4.77. The van der Waals surface area contributed by atoms with Crippen LogP contribution in [0.3, 0.4) is 0 Å². The Bertz CT molecular complexity index is 1170. The van der Waals surface area contributed by atoms with Gasteiger partial charge in [0, 0.05) is 5.69 Å².